The normalized spacial score (nSPS) is 12.2. The molecule has 0 heterocycles. The molecule has 10 heteroatoms. The highest BCUT2D eigenvalue weighted by Crippen LogP contribution is 2.35. The first-order valence-corrected chi connectivity index (χ1v) is 10.6. The summed E-state index contributed by atoms with van der Waals surface area (Å²) in [5.74, 6) is -7.06. The quantitative estimate of drug-likeness (QED) is 0.229. The maximum Gasteiger partial charge on any atom is 0.321 e. The number of nitro groups is 1. The van der Waals surface area contributed by atoms with Crippen LogP contribution in [0.15, 0.2) is 54.6 Å². The second-order valence-corrected chi connectivity index (χ2v) is 7.17. The van der Waals surface area contributed by atoms with E-state index in [2.05, 4.69) is 5.32 Å². The number of nitro benzene ring substituents is 1. The van der Waals surface area contributed by atoms with Crippen LogP contribution in [0.3, 0.4) is 0 Å². The molecule has 0 radical (unpaired) electrons. The molecule has 0 bridgehead atoms. The number of ether oxygens (including phenoxy) is 2. The minimum atomic E-state index is -1.63. The van der Waals surface area contributed by atoms with Gasteiger partial charge in [-0.3, -0.25) is 24.5 Å². The molecule has 1 amide bonds. The predicted octanol–water partition coefficient (Wildman–Crippen LogP) is 2.88. The van der Waals surface area contributed by atoms with Crippen molar-refractivity contribution in [2.24, 2.45) is 11.8 Å². The summed E-state index contributed by atoms with van der Waals surface area (Å²) in [6.07, 6.45) is 0. The van der Waals surface area contributed by atoms with Gasteiger partial charge in [-0.05, 0) is 25.0 Å². The first kappa shape index (κ1) is 26.0. The fraction of sp³-hybridized carbons (Fsp3) is 0.333. The van der Waals surface area contributed by atoms with E-state index in [1.165, 1.54) is 24.3 Å². The Bertz CT molecular complexity index is 1030. The second kappa shape index (κ2) is 12.7. The van der Waals surface area contributed by atoms with Gasteiger partial charge in [0.25, 0.3) is 5.69 Å². The van der Waals surface area contributed by atoms with Crippen molar-refractivity contribution in [3.8, 4) is 6.07 Å². The van der Waals surface area contributed by atoms with Gasteiger partial charge in [-0.15, -0.1) is 0 Å². The molecule has 2 aromatic carbocycles. The zero-order valence-corrected chi connectivity index (χ0v) is 18.8. The minimum absolute atomic E-state index is 0.0425. The molecule has 0 aliphatic heterocycles. The monoisotopic (exact) mass is 467 g/mol. The van der Waals surface area contributed by atoms with Crippen LogP contribution in [0.2, 0.25) is 0 Å². The van der Waals surface area contributed by atoms with Crippen molar-refractivity contribution in [2.75, 3.05) is 13.2 Å². The zero-order chi connectivity index (χ0) is 25.1. The molecule has 1 N–H and O–H groups in total. The Morgan fingerprint density at radius 3 is 2.03 bits per heavy atom. The number of carbonyl (C=O) groups excluding carboxylic acids is 3. The maximum absolute atomic E-state index is 13.1. The SMILES string of the molecule is CCOC(=O)C(C(=O)OCC)C(c1ccc([N+](=O)[O-])cc1)C(C#N)C(=O)NCc1ccccc1. The highest BCUT2D eigenvalue weighted by Gasteiger charge is 2.45. The van der Waals surface area contributed by atoms with Gasteiger partial charge in [0.2, 0.25) is 5.91 Å². The molecule has 2 rings (SSSR count). The Hall–Kier alpha value is -4.26. The van der Waals surface area contributed by atoms with Crippen LogP contribution < -0.4 is 5.32 Å². The molecule has 0 fully saturated rings. The lowest BCUT2D eigenvalue weighted by molar-refractivity contribution is -0.384. The number of nitrogens with one attached hydrogen (secondary N) is 1. The first-order valence-electron chi connectivity index (χ1n) is 10.6. The highest BCUT2D eigenvalue weighted by molar-refractivity contribution is 5.97. The van der Waals surface area contributed by atoms with E-state index in [1.807, 2.05) is 12.1 Å². The van der Waals surface area contributed by atoms with Gasteiger partial charge in [0.15, 0.2) is 5.92 Å². The van der Waals surface area contributed by atoms with Crippen LogP contribution in [0.25, 0.3) is 0 Å². The molecule has 0 spiro atoms. The number of nitriles is 1. The van der Waals surface area contributed by atoms with Gasteiger partial charge in [-0.25, -0.2) is 0 Å². The van der Waals surface area contributed by atoms with E-state index >= 15 is 0 Å². The van der Waals surface area contributed by atoms with E-state index in [4.69, 9.17) is 9.47 Å². The third kappa shape index (κ3) is 6.62. The molecule has 178 valence electrons. The summed E-state index contributed by atoms with van der Waals surface area (Å²) in [7, 11) is 0. The second-order valence-electron chi connectivity index (χ2n) is 7.17. The van der Waals surface area contributed by atoms with Crippen LogP contribution in [-0.4, -0.2) is 36.0 Å². The highest BCUT2D eigenvalue weighted by atomic mass is 16.6. The number of hydrogen-bond acceptors (Lipinski definition) is 8. The van der Waals surface area contributed by atoms with Gasteiger partial charge in [0, 0.05) is 24.6 Å². The Morgan fingerprint density at radius 2 is 1.56 bits per heavy atom. The summed E-state index contributed by atoms with van der Waals surface area (Å²) in [5.41, 5.74) is 0.762. The first-order chi connectivity index (χ1) is 16.3. The van der Waals surface area contributed by atoms with Gasteiger partial charge in [-0.1, -0.05) is 42.5 Å². The van der Waals surface area contributed by atoms with Crippen LogP contribution in [-0.2, 0) is 30.4 Å². The summed E-state index contributed by atoms with van der Waals surface area (Å²) >= 11 is 0. The molecule has 2 aromatic rings. The summed E-state index contributed by atoms with van der Waals surface area (Å²) in [5, 5.41) is 23.6. The summed E-state index contributed by atoms with van der Waals surface area (Å²) in [4.78, 5) is 49.1. The van der Waals surface area contributed by atoms with Crippen LogP contribution in [0.5, 0.6) is 0 Å². The standard InChI is InChI=1S/C24H25N3O7/c1-3-33-23(29)21(24(30)34-4-2)20(17-10-12-18(13-11-17)27(31)32)19(14-25)22(28)26-15-16-8-6-5-7-9-16/h5-13,19-21H,3-4,15H2,1-2H3,(H,26,28). The van der Waals surface area contributed by atoms with E-state index in [1.54, 1.807) is 38.1 Å². The molecule has 0 aliphatic rings. The topological polar surface area (TPSA) is 149 Å². The molecular weight excluding hydrogens is 442 g/mol. The summed E-state index contributed by atoms with van der Waals surface area (Å²) in [6, 6.07) is 15.8. The average molecular weight is 467 g/mol. The summed E-state index contributed by atoms with van der Waals surface area (Å²) < 4.78 is 10.1. The number of carbonyl (C=O) groups is 3. The van der Waals surface area contributed by atoms with Crippen LogP contribution in [0.4, 0.5) is 5.69 Å². The number of esters is 2. The number of amides is 1. The molecule has 34 heavy (non-hydrogen) atoms. The number of benzene rings is 2. The number of hydrogen-bond donors (Lipinski definition) is 1. The number of non-ortho nitro benzene ring substituents is 1. The Kier molecular flexibility index (Phi) is 9.71. The van der Waals surface area contributed by atoms with E-state index in [0.29, 0.717) is 0 Å². The molecule has 0 aliphatic carbocycles. The van der Waals surface area contributed by atoms with E-state index < -0.39 is 40.5 Å². The molecular formula is C24H25N3O7. The van der Waals surface area contributed by atoms with E-state index in [0.717, 1.165) is 5.56 Å². The van der Waals surface area contributed by atoms with Gasteiger partial charge in [0.1, 0.15) is 5.92 Å². The van der Waals surface area contributed by atoms with Gasteiger partial charge in [-0.2, -0.15) is 5.26 Å². The third-order valence-electron chi connectivity index (χ3n) is 5.02. The molecule has 10 nitrogen and oxygen atoms in total. The third-order valence-corrected chi connectivity index (χ3v) is 5.02. The average Bonchev–Trinajstić information content (AvgIpc) is 2.83. The molecule has 2 atom stereocenters. The Morgan fingerprint density at radius 1 is 1.00 bits per heavy atom. The smallest absolute Gasteiger partial charge is 0.321 e. The maximum atomic E-state index is 13.1. The summed E-state index contributed by atoms with van der Waals surface area (Å²) in [6.45, 7) is 3.14. The number of nitrogens with zero attached hydrogens (tertiary/aromatic N) is 2. The lowest BCUT2D eigenvalue weighted by atomic mass is 9.76. The lowest BCUT2D eigenvalue weighted by Gasteiger charge is -2.27. The molecule has 0 saturated heterocycles. The minimum Gasteiger partial charge on any atom is -0.465 e. The van der Waals surface area contributed by atoms with Crippen molar-refractivity contribution in [2.45, 2.75) is 26.3 Å². The van der Waals surface area contributed by atoms with E-state index in [9.17, 15) is 29.8 Å². The van der Waals surface area contributed by atoms with Crippen molar-refractivity contribution < 1.29 is 28.8 Å². The van der Waals surface area contributed by atoms with Crippen molar-refractivity contribution >= 4 is 23.5 Å². The van der Waals surface area contributed by atoms with Gasteiger partial charge < -0.3 is 14.8 Å². The fourth-order valence-electron chi connectivity index (χ4n) is 3.45. The number of rotatable bonds is 11. The Labute approximate surface area is 196 Å². The zero-order valence-electron chi connectivity index (χ0n) is 18.8. The van der Waals surface area contributed by atoms with Crippen molar-refractivity contribution in [1.29, 1.82) is 5.26 Å². The Balaban J connectivity index is 2.50. The van der Waals surface area contributed by atoms with Crippen molar-refractivity contribution in [3.63, 3.8) is 0 Å². The predicted molar refractivity (Wildman–Crippen MR) is 120 cm³/mol. The van der Waals surface area contributed by atoms with E-state index in [-0.39, 0.29) is 31.0 Å². The lowest BCUT2D eigenvalue weighted by Crippen LogP contribution is -2.41. The molecule has 0 saturated carbocycles. The fourth-order valence-corrected chi connectivity index (χ4v) is 3.45. The van der Waals surface area contributed by atoms with Crippen LogP contribution in [0, 0.1) is 33.3 Å². The molecule has 2 unspecified atom stereocenters. The largest absolute Gasteiger partial charge is 0.465 e. The van der Waals surface area contributed by atoms with Crippen molar-refractivity contribution in [1.82, 2.24) is 5.32 Å². The van der Waals surface area contributed by atoms with Gasteiger partial charge in [0.05, 0.1) is 24.2 Å². The van der Waals surface area contributed by atoms with Crippen LogP contribution >= 0.6 is 0 Å². The van der Waals surface area contributed by atoms with Crippen LogP contribution in [0.1, 0.15) is 30.9 Å². The van der Waals surface area contributed by atoms with Crippen molar-refractivity contribution in [3.05, 3.63) is 75.8 Å². The van der Waals surface area contributed by atoms with Gasteiger partial charge >= 0.3 is 11.9 Å². The molecule has 0 aromatic heterocycles.